The molecule has 0 saturated heterocycles. The number of amides is 1. The molecule has 0 saturated carbocycles. The Morgan fingerprint density at radius 2 is 2.05 bits per heavy atom. The van der Waals surface area contributed by atoms with Crippen LogP contribution in [-0.2, 0) is 21.2 Å². The van der Waals surface area contributed by atoms with Crippen LogP contribution in [0.15, 0.2) is 23.1 Å². The van der Waals surface area contributed by atoms with Gasteiger partial charge in [0.2, 0.25) is 10.0 Å². The summed E-state index contributed by atoms with van der Waals surface area (Å²) in [5, 5.41) is 7.88. The molecule has 1 aromatic rings. The van der Waals surface area contributed by atoms with Crippen molar-refractivity contribution in [3.05, 3.63) is 29.3 Å². The van der Waals surface area contributed by atoms with Gasteiger partial charge in [-0.15, -0.1) is 0 Å². The molecule has 1 aromatic carbocycles. The minimum atomic E-state index is -3.85. The van der Waals surface area contributed by atoms with E-state index in [0.29, 0.717) is 25.1 Å². The summed E-state index contributed by atoms with van der Waals surface area (Å²) >= 11 is 0. The van der Waals surface area contributed by atoms with E-state index in [2.05, 4.69) is 5.32 Å². The second-order valence-corrected chi connectivity index (χ2v) is 6.23. The predicted molar refractivity (Wildman–Crippen MR) is 80.6 cm³/mol. The van der Waals surface area contributed by atoms with Crippen LogP contribution in [0.1, 0.15) is 36.7 Å². The van der Waals surface area contributed by atoms with Crippen LogP contribution in [0.5, 0.6) is 0 Å². The summed E-state index contributed by atoms with van der Waals surface area (Å²) < 4.78 is 28.4. The molecule has 0 aromatic heterocycles. The van der Waals surface area contributed by atoms with E-state index in [4.69, 9.17) is 9.88 Å². The van der Waals surface area contributed by atoms with Crippen LogP contribution in [0.4, 0.5) is 0 Å². The van der Waals surface area contributed by atoms with E-state index in [0.717, 1.165) is 0 Å². The molecule has 0 aliphatic carbocycles. The highest BCUT2D eigenvalue weighted by Crippen LogP contribution is 2.17. The van der Waals surface area contributed by atoms with Gasteiger partial charge in [-0.3, -0.25) is 4.79 Å². The summed E-state index contributed by atoms with van der Waals surface area (Å²) in [6, 6.07) is 4.52. The number of benzene rings is 1. The van der Waals surface area contributed by atoms with Crippen LogP contribution in [0, 0.1) is 0 Å². The zero-order valence-electron chi connectivity index (χ0n) is 12.5. The molecule has 0 aliphatic rings. The molecule has 1 unspecified atom stereocenters. The van der Waals surface area contributed by atoms with Crippen molar-refractivity contribution in [1.29, 1.82) is 0 Å². The van der Waals surface area contributed by atoms with E-state index in [-0.39, 0.29) is 22.5 Å². The molecule has 6 nitrogen and oxygen atoms in total. The number of nitrogens with one attached hydrogen (secondary N) is 1. The molecular formula is C14H22N2O4S. The van der Waals surface area contributed by atoms with Gasteiger partial charge >= 0.3 is 0 Å². The SMILES string of the molecule is CCOC(C)CNC(=O)c1ccc(CC)c(S(N)(=O)=O)c1. The topological polar surface area (TPSA) is 98.5 Å². The molecule has 0 aliphatic heterocycles. The lowest BCUT2D eigenvalue weighted by Crippen LogP contribution is -2.32. The number of sulfonamides is 1. The minimum Gasteiger partial charge on any atom is -0.377 e. The molecule has 21 heavy (non-hydrogen) atoms. The Labute approximate surface area is 125 Å². The molecule has 0 fully saturated rings. The number of primary sulfonamides is 1. The van der Waals surface area contributed by atoms with Crippen molar-refractivity contribution in [3.8, 4) is 0 Å². The predicted octanol–water partition coefficient (Wildman–Crippen LogP) is 1.05. The van der Waals surface area contributed by atoms with E-state index >= 15 is 0 Å². The Morgan fingerprint density at radius 3 is 2.57 bits per heavy atom. The fourth-order valence-corrected chi connectivity index (χ4v) is 2.80. The summed E-state index contributed by atoms with van der Waals surface area (Å²) in [4.78, 5) is 12.0. The van der Waals surface area contributed by atoms with Crippen LogP contribution in [0.3, 0.4) is 0 Å². The lowest BCUT2D eigenvalue weighted by atomic mass is 10.1. The summed E-state index contributed by atoms with van der Waals surface area (Å²) in [6.45, 7) is 6.47. The normalized spacial score (nSPS) is 13.0. The van der Waals surface area contributed by atoms with Gasteiger partial charge in [-0.2, -0.15) is 0 Å². The van der Waals surface area contributed by atoms with Gasteiger partial charge < -0.3 is 10.1 Å². The number of ether oxygens (including phenoxy) is 1. The first-order chi connectivity index (χ1) is 9.79. The summed E-state index contributed by atoms with van der Waals surface area (Å²) in [7, 11) is -3.85. The maximum Gasteiger partial charge on any atom is 0.251 e. The Hall–Kier alpha value is -1.44. The summed E-state index contributed by atoms with van der Waals surface area (Å²) in [6.07, 6.45) is 0.418. The van der Waals surface area contributed by atoms with Crippen molar-refractivity contribution in [2.24, 2.45) is 5.14 Å². The number of rotatable bonds is 7. The van der Waals surface area contributed by atoms with Crippen molar-refractivity contribution in [1.82, 2.24) is 5.32 Å². The molecule has 0 spiro atoms. The summed E-state index contributed by atoms with van der Waals surface area (Å²) in [5.74, 6) is -0.353. The van der Waals surface area contributed by atoms with Gasteiger partial charge in [0, 0.05) is 18.7 Å². The number of aryl methyl sites for hydroxylation is 1. The number of hydrogen-bond acceptors (Lipinski definition) is 4. The van der Waals surface area contributed by atoms with Crippen LogP contribution in [-0.4, -0.2) is 33.6 Å². The average molecular weight is 314 g/mol. The first-order valence-corrected chi connectivity index (χ1v) is 8.39. The first-order valence-electron chi connectivity index (χ1n) is 6.85. The third kappa shape index (κ3) is 5.11. The highest BCUT2D eigenvalue weighted by atomic mass is 32.2. The third-order valence-corrected chi connectivity index (χ3v) is 4.01. The number of carbonyl (C=O) groups excluding carboxylic acids is 1. The van der Waals surface area contributed by atoms with Gasteiger partial charge in [0.1, 0.15) is 0 Å². The van der Waals surface area contributed by atoms with Crippen LogP contribution < -0.4 is 10.5 Å². The Balaban J connectivity index is 2.91. The number of carbonyl (C=O) groups is 1. The zero-order chi connectivity index (χ0) is 16.0. The third-order valence-electron chi connectivity index (χ3n) is 3.02. The van der Waals surface area contributed by atoms with Crippen molar-refractivity contribution in [2.45, 2.75) is 38.2 Å². The standard InChI is InChI=1S/C14H22N2O4S/c1-4-11-6-7-12(8-13(11)21(15,18)19)14(17)16-9-10(3)20-5-2/h6-8,10H,4-5,9H2,1-3H3,(H,16,17)(H2,15,18,19). The van der Waals surface area contributed by atoms with E-state index in [9.17, 15) is 13.2 Å². The molecule has 7 heteroatoms. The molecule has 3 N–H and O–H groups in total. The van der Waals surface area contributed by atoms with Crippen molar-refractivity contribution in [2.75, 3.05) is 13.2 Å². The van der Waals surface area contributed by atoms with Gasteiger partial charge in [0.25, 0.3) is 5.91 Å². The van der Waals surface area contributed by atoms with Crippen molar-refractivity contribution >= 4 is 15.9 Å². The molecule has 118 valence electrons. The fourth-order valence-electron chi connectivity index (χ4n) is 1.93. The zero-order valence-corrected chi connectivity index (χ0v) is 13.4. The lowest BCUT2D eigenvalue weighted by Gasteiger charge is -2.13. The molecule has 1 amide bonds. The van der Waals surface area contributed by atoms with Gasteiger partial charge in [0.15, 0.2) is 0 Å². The maximum absolute atomic E-state index is 12.0. The smallest absolute Gasteiger partial charge is 0.251 e. The molecule has 0 radical (unpaired) electrons. The Morgan fingerprint density at radius 1 is 1.38 bits per heavy atom. The second-order valence-electron chi connectivity index (χ2n) is 4.70. The lowest BCUT2D eigenvalue weighted by molar-refractivity contribution is 0.0695. The molecule has 1 atom stereocenters. The van der Waals surface area contributed by atoms with Gasteiger partial charge in [0.05, 0.1) is 11.0 Å². The molecule has 0 bridgehead atoms. The highest BCUT2D eigenvalue weighted by Gasteiger charge is 2.16. The van der Waals surface area contributed by atoms with Crippen LogP contribution in [0.25, 0.3) is 0 Å². The van der Waals surface area contributed by atoms with Crippen molar-refractivity contribution in [3.63, 3.8) is 0 Å². The largest absolute Gasteiger partial charge is 0.377 e. The van der Waals surface area contributed by atoms with E-state index in [1.165, 1.54) is 6.07 Å². The summed E-state index contributed by atoms with van der Waals surface area (Å²) in [5.41, 5.74) is 0.858. The average Bonchev–Trinajstić information content (AvgIpc) is 2.43. The highest BCUT2D eigenvalue weighted by molar-refractivity contribution is 7.89. The van der Waals surface area contributed by atoms with E-state index in [1.807, 2.05) is 20.8 Å². The Kier molecular flexibility index (Phi) is 6.32. The first kappa shape index (κ1) is 17.6. The monoisotopic (exact) mass is 314 g/mol. The number of hydrogen-bond donors (Lipinski definition) is 2. The molecular weight excluding hydrogens is 292 g/mol. The van der Waals surface area contributed by atoms with Gasteiger partial charge in [-0.05, 0) is 38.0 Å². The van der Waals surface area contributed by atoms with Gasteiger partial charge in [-0.25, -0.2) is 13.6 Å². The van der Waals surface area contributed by atoms with E-state index < -0.39 is 10.0 Å². The fraction of sp³-hybridized carbons (Fsp3) is 0.500. The maximum atomic E-state index is 12.0. The number of nitrogens with two attached hydrogens (primary N) is 1. The molecule has 1 rings (SSSR count). The molecule has 0 heterocycles. The van der Waals surface area contributed by atoms with E-state index in [1.54, 1.807) is 12.1 Å². The minimum absolute atomic E-state index is 0.00416. The van der Waals surface area contributed by atoms with Gasteiger partial charge in [-0.1, -0.05) is 13.0 Å². The van der Waals surface area contributed by atoms with Crippen molar-refractivity contribution < 1.29 is 17.9 Å². The quantitative estimate of drug-likeness (QED) is 0.786. The van der Waals surface area contributed by atoms with Crippen LogP contribution in [0.2, 0.25) is 0 Å². The Bertz CT molecular complexity index is 599. The second kappa shape index (κ2) is 7.53. The van der Waals surface area contributed by atoms with Crippen LogP contribution >= 0.6 is 0 Å².